The van der Waals surface area contributed by atoms with Crippen LogP contribution in [0.15, 0.2) is 0 Å². The van der Waals surface area contributed by atoms with Crippen molar-refractivity contribution in [1.29, 1.82) is 0 Å². The van der Waals surface area contributed by atoms with Gasteiger partial charge in [-0.05, 0) is 25.3 Å². The van der Waals surface area contributed by atoms with Crippen molar-refractivity contribution in [2.75, 3.05) is 12.7 Å². The molecule has 0 aromatic carbocycles. The summed E-state index contributed by atoms with van der Waals surface area (Å²) in [5.41, 5.74) is 0. The van der Waals surface area contributed by atoms with Gasteiger partial charge in [-0.3, -0.25) is 9.36 Å². The van der Waals surface area contributed by atoms with Crippen molar-refractivity contribution >= 4 is 26.0 Å². The van der Waals surface area contributed by atoms with Crippen molar-refractivity contribution in [2.45, 2.75) is 18.9 Å². The average molecular weight is 260 g/mol. The molecule has 0 radical (unpaired) electrons. The van der Waals surface area contributed by atoms with E-state index in [2.05, 4.69) is 5.32 Å². The lowest BCUT2D eigenvalue weighted by molar-refractivity contribution is -0.140. The zero-order chi connectivity index (χ0) is 10.8. The molecule has 1 saturated heterocycles. The summed E-state index contributed by atoms with van der Waals surface area (Å²) in [7, 11) is -3.97. The van der Waals surface area contributed by atoms with Crippen LogP contribution in [0.1, 0.15) is 12.8 Å². The second kappa shape index (κ2) is 5.82. The molecule has 1 fully saturated rings. The summed E-state index contributed by atoms with van der Waals surface area (Å²) < 4.78 is 10.7. The van der Waals surface area contributed by atoms with Crippen molar-refractivity contribution in [3.05, 3.63) is 0 Å². The zero-order valence-corrected chi connectivity index (χ0v) is 9.71. The van der Waals surface area contributed by atoms with Crippen LogP contribution in [-0.2, 0) is 9.36 Å². The van der Waals surface area contributed by atoms with Crippen LogP contribution in [-0.4, -0.2) is 39.6 Å². The van der Waals surface area contributed by atoms with E-state index in [0.29, 0.717) is 19.4 Å². The van der Waals surface area contributed by atoms with E-state index in [9.17, 15) is 9.36 Å². The highest BCUT2D eigenvalue weighted by Crippen LogP contribution is 2.38. The van der Waals surface area contributed by atoms with Crippen molar-refractivity contribution in [1.82, 2.24) is 5.32 Å². The molecule has 1 rings (SSSR count). The van der Waals surface area contributed by atoms with Crippen LogP contribution in [0.3, 0.4) is 0 Å². The number of carboxylic acid groups (broad SMARTS) is 1. The highest BCUT2D eigenvalue weighted by molar-refractivity contribution is 7.51. The molecule has 2 unspecified atom stereocenters. The van der Waals surface area contributed by atoms with E-state index in [1.165, 1.54) is 0 Å². The Morgan fingerprint density at radius 1 is 1.40 bits per heavy atom. The molecular weight excluding hydrogens is 245 g/mol. The smallest absolute Gasteiger partial charge is 0.325 e. The molecule has 15 heavy (non-hydrogen) atoms. The number of aliphatic carboxylic acids is 1. The van der Waals surface area contributed by atoms with E-state index < -0.39 is 19.6 Å². The van der Waals surface area contributed by atoms with E-state index in [1.54, 1.807) is 0 Å². The Morgan fingerprint density at radius 3 is 2.33 bits per heavy atom. The zero-order valence-electron chi connectivity index (χ0n) is 8.00. The van der Waals surface area contributed by atoms with Gasteiger partial charge in [-0.15, -0.1) is 12.4 Å². The Morgan fingerprint density at radius 2 is 2.00 bits per heavy atom. The van der Waals surface area contributed by atoms with E-state index in [4.69, 9.17) is 14.9 Å². The second-order valence-corrected chi connectivity index (χ2v) is 5.28. The number of hydrogen-bond donors (Lipinski definition) is 4. The maximum atomic E-state index is 10.7. The number of carbonyl (C=O) groups is 1. The molecule has 0 aliphatic carbocycles. The molecule has 0 aromatic heterocycles. The van der Waals surface area contributed by atoms with E-state index in [1.807, 2.05) is 0 Å². The molecule has 0 spiro atoms. The fraction of sp³-hybridized carbons (Fsp3) is 0.857. The minimum Gasteiger partial charge on any atom is -0.480 e. The van der Waals surface area contributed by atoms with Crippen LogP contribution >= 0.6 is 20.0 Å². The summed E-state index contributed by atoms with van der Waals surface area (Å²) in [6.07, 6.45) is 0.821. The first kappa shape index (κ1) is 14.9. The molecule has 2 atom stereocenters. The van der Waals surface area contributed by atoms with Crippen LogP contribution in [0.5, 0.6) is 0 Å². The summed E-state index contributed by atoms with van der Waals surface area (Å²) in [5, 5.41) is 11.4. The van der Waals surface area contributed by atoms with Gasteiger partial charge < -0.3 is 20.2 Å². The van der Waals surface area contributed by atoms with Gasteiger partial charge in [0.15, 0.2) is 0 Å². The van der Waals surface area contributed by atoms with Gasteiger partial charge in [0.1, 0.15) is 6.04 Å². The van der Waals surface area contributed by atoms with Gasteiger partial charge in [0.25, 0.3) is 0 Å². The SMILES string of the molecule is Cl.O=C(O)C1CCC(CP(=O)(O)O)CN1. The predicted molar refractivity (Wildman–Crippen MR) is 56.3 cm³/mol. The number of carboxylic acids is 1. The Balaban J connectivity index is 0.00000196. The van der Waals surface area contributed by atoms with Gasteiger partial charge in [-0.2, -0.15) is 0 Å². The minimum atomic E-state index is -3.97. The van der Waals surface area contributed by atoms with E-state index in [-0.39, 0.29) is 24.5 Å². The Bertz CT molecular complexity index is 260. The van der Waals surface area contributed by atoms with Gasteiger partial charge in [0, 0.05) is 0 Å². The first-order chi connectivity index (χ1) is 6.38. The topological polar surface area (TPSA) is 107 Å². The van der Waals surface area contributed by atoms with Gasteiger partial charge in [0.05, 0.1) is 6.16 Å². The lowest BCUT2D eigenvalue weighted by Crippen LogP contribution is -2.44. The molecule has 0 amide bonds. The molecule has 1 aliphatic rings. The maximum Gasteiger partial charge on any atom is 0.325 e. The third-order valence-corrected chi connectivity index (χ3v) is 3.30. The molecule has 90 valence electrons. The number of piperidine rings is 1. The van der Waals surface area contributed by atoms with Gasteiger partial charge >= 0.3 is 13.6 Å². The quantitative estimate of drug-likeness (QED) is 0.533. The maximum absolute atomic E-state index is 10.7. The van der Waals surface area contributed by atoms with Crippen LogP contribution in [0.2, 0.25) is 0 Å². The third kappa shape index (κ3) is 5.49. The standard InChI is InChI=1S/C7H14NO5P.ClH/c9-7(10)6-2-1-5(3-8-6)4-14(11,12)13;/h5-6,8H,1-4H2,(H,9,10)(H2,11,12,13);1H. The second-order valence-electron chi connectivity index (χ2n) is 3.59. The average Bonchev–Trinajstić information content (AvgIpc) is 2.02. The lowest BCUT2D eigenvalue weighted by atomic mass is 9.96. The fourth-order valence-electron chi connectivity index (χ4n) is 1.62. The summed E-state index contributed by atoms with van der Waals surface area (Å²) in [6, 6.07) is -0.567. The number of halogens is 1. The van der Waals surface area contributed by atoms with Crippen molar-refractivity contribution in [3.8, 4) is 0 Å². The van der Waals surface area contributed by atoms with E-state index >= 15 is 0 Å². The van der Waals surface area contributed by atoms with Crippen molar-refractivity contribution in [3.63, 3.8) is 0 Å². The third-order valence-electron chi connectivity index (χ3n) is 2.31. The first-order valence-electron chi connectivity index (χ1n) is 4.39. The van der Waals surface area contributed by atoms with Gasteiger partial charge in [0.2, 0.25) is 0 Å². The summed E-state index contributed by atoms with van der Waals surface area (Å²) in [5.74, 6) is -1.02. The van der Waals surface area contributed by atoms with Crippen LogP contribution in [0, 0.1) is 5.92 Å². The largest absolute Gasteiger partial charge is 0.480 e. The Hall–Kier alpha value is -0.130. The Kier molecular flexibility index (Phi) is 5.77. The predicted octanol–water partition coefficient (Wildman–Crippen LogP) is 0.0387. The van der Waals surface area contributed by atoms with Crippen molar-refractivity contribution < 1.29 is 24.3 Å². The molecule has 0 aromatic rings. The monoisotopic (exact) mass is 259 g/mol. The molecule has 0 bridgehead atoms. The molecule has 1 heterocycles. The number of nitrogens with one attached hydrogen (secondary N) is 1. The molecule has 1 aliphatic heterocycles. The van der Waals surface area contributed by atoms with Gasteiger partial charge in [-0.25, -0.2) is 0 Å². The number of hydrogen-bond acceptors (Lipinski definition) is 3. The molecule has 6 nitrogen and oxygen atoms in total. The molecule has 4 N–H and O–H groups in total. The molecule has 0 saturated carbocycles. The normalized spacial score (nSPS) is 26.8. The number of rotatable bonds is 3. The van der Waals surface area contributed by atoms with Crippen LogP contribution in [0.25, 0.3) is 0 Å². The summed E-state index contributed by atoms with van der Waals surface area (Å²) in [6.45, 7) is 0.363. The Labute approximate surface area is 93.6 Å². The summed E-state index contributed by atoms with van der Waals surface area (Å²) >= 11 is 0. The highest BCUT2D eigenvalue weighted by Gasteiger charge is 2.29. The minimum absolute atomic E-state index is 0. The lowest BCUT2D eigenvalue weighted by Gasteiger charge is -2.27. The molecular formula is C7H15ClNO5P. The van der Waals surface area contributed by atoms with Gasteiger partial charge in [-0.1, -0.05) is 0 Å². The van der Waals surface area contributed by atoms with E-state index in [0.717, 1.165) is 0 Å². The molecule has 8 heteroatoms. The summed E-state index contributed by atoms with van der Waals surface area (Å²) in [4.78, 5) is 28.0. The highest BCUT2D eigenvalue weighted by atomic mass is 35.5. The fourth-order valence-corrected chi connectivity index (χ4v) is 2.60. The van der Waals surface area contributed by atoms with Crippen LogP contribution < -0.4 is 5.32 Å². The first-order valence-corrected chi connectivity index (χ1v) is 6.19. The van der Waals surface area contributed by atoms with Crippen LogP contribution in [0.4, 0.5) is 0 Å². The van der Waals surface area contributed by atoms with Crippen molar-refractivity contribution in [2.24, 2.45) is 5.92 Å².